The number of aromatic amines is 1. The number of hydrogen-bond acceptors (Lipinski definition) is 4. The smallest absolute Gasteiger partial charge is 0.355 e. The van der Waals surface area contributed by atoms with E-state index in [1.807, 2.05) is 13.8 Å². The lowest BCUT2D eigenvalue weighted by atomic mass is 9.80. The second-order valence-electron chi connectivity index (χ2n) is 9.13. The van der Waals surface area contributed by atoms with E-state index in [1.54, 1.807) is 0 Å². The summed E-state index contributed by atoms with van der Waals surface area (Å²) in [5.74, 6) is -0.232. The molecule has 1 aromatic carbocycles. The van der Waals surface area contributed by atoms with Crippen LogP contribution in [0.4, 0.5) is 0 Å². The summed E-state index contributed by atoms with van der Waals surface area (Å²) in [6, 6.07) is 8.56. The van der Waals surface area contributed by atoms with Crippen molar-refractivity contribution in [1.82, 2.24) is 4.98 Å². The number of nitrogens with one attached hydrogen (secondary N) is 1. The maximum Gasteiger partial charge on any atom is 0.355 e. The first-order valence-electron chi connectivity index (χ1n) is 10.8. The monoisotopic (exact) mass is 411 g/mol. The summed E-state index contributed by atoms with van der Waals surface area (Å²) < 4.78 is 10.7. The number of carbonyl (C=O) groups is 2. The zero-order valence-electron chi connectivity index (χ0n) is 18.8. The van der Waals surface area contributed by atoms with Gasteiger partial charge in [0.05, 0.1) is 6.61 Å². The van der Waals surface area contributed by atoms with E-state index in [1.165, 1.54) is 5.56 Å². The van der Waals surface area contributed by atoms with Crippen LogP contribution in [0.2, 0.25) is 0 Å². The lowest BCUT2D eigenvalue weighted by Gasteiger charge is -2.24. The topological polar surface area (TPSA) is 68.4 Å². The summed E-state index contributed by atoms with van der Waals surface area (Å²) in [6.07, 6.45) is 2.10. The van der Waals surface area contributed by atoms with Gasteiger partial charge in [0.15, 0.2) is 5.78 Å². The Morgan fingerprint density at radius 2 is 1.80 bits per heavy atom. The van der Waals surface area contributed by atoms with Gasteiger partial charge >= 0.3 is 5.97 Å². The molecule has 5 heteroatoms. The average molecular weight is 412 g/mol. The van der Waals surface area contributed by atoms with Gasteiger partial charge in [0.2, 0.25) is 0 Å². The number of aromatic nitrogens is 1. The first-order chi connectivity index (χ1) is 14.2. The van der Waals surface area contributed by atoms with E-state index in [4.69, 9.17) is 9.47 Å². The fourth-order valence-electron chi connectivity index (χ4n) is 4.04. The number of rotatable bonds is 7. The molecule has 0 bridgehead atoms. The SMILES string of the molecule is CCCOCCOC(=O)c1[nH]c2c(c1C)C(=O)C[C@@H](c1ccc(C(C)(C)C)cc1)C2. The van der Waals surface area contributed by atoms with Gasteiger partial charge in [-0.1, -0.05) is 52.0 Å². The first kappa shape index (κ1) is 22.3. The highest BCUT2D eigenvalue weighted by atomic mass is 16.6. The van der Waals surface area contributed by atoms with Crippen LogP contribution < -0.4 is 0 Å². The van der Waals surface area contributed by atoms with Gasteiger partial charge in [0.25, 0.3) is 0 Å². The molecular formula is C25H33NO4. The molecule has 0 saturated carbocycles. The van der Waals surface area contributed by atoms with Crippen LogP contribution in [0, 0.1) is 6.92 Å². The van der Waals surface area contributed by atoms with Gasteiger partial charge < -0.3 is 14.5 Å². The molecule has 1 aromatic heterocycles. The molecule has 1 aliphatic rings. The van der Waals surface area contributed by atoms with Crippen LogP contribution in [0.3, 0.4) is 0 Å². The fourth-order valence-corrected chi connectivity index (χ4v) is 4.04. The zero-order valence-corrected chi connectivity index (χ0v) is 18.8. The molecule has 0 saturated heterocycles. The summed E-state index contributed by atoms with van der Waals surface area (Å²) in [4.78, 5) is 28.6. The van der Waals surface area contributed by atoms with Crippen LogP contribution in [0.15, 0.2) is 24.3 Å². The second-order valence-corrected chi connectivity index (χ2v) is 9.13. The number of hydrogen-bond donors (Lipinski definition) is 1. The van der Waals surface area contributed by atoms with E-state index >= 15 is 0 Å². The molecule has 1 N–H and O–H groups in total. The molecule has 0 fully saturated rings. The van der Waals surface area contributed by atoms with Crippen molar-refractivity contribution in [3.05, 3.63) is 57.9 Å². The van der Waals surface area contributed by atoms with E-state index in [9.17, 15) is 9.59 Å². The van der Waals surface area contributed by atoms with Crippen LogP contribution in [0.1, 0.15) is 89.7 Å². The van der Waals surface area contributed by atoms with Crippen molar-refractivity contribution in [2.24, 2.45) is 0 Å². The molecule has 0 aliphatic heterocycles. The van der Waals surface area contributed by atoms with Gasteiger partial charge in [0, 0.05) is 24.3 Å². The van der Waals surface area contributed by atoms with Crippen molar-refractivity contribution < 1.29 is 19.1 Å². The van der Waals surface area contributed by atoms with Gasteiger partial charge in [0.1, 0.15) is 12.3 Å². The van der Waals surface area contributed by atoms with Gasteiger partial charge in [-0.3, -0.25) is 4.79 Å². The second kappa shape index (κ2) is 9.17. The third-order valence-electron chi connectivity index (χ3n) is 5.75. The van der Waals surface area contributed by atoms with Gasteiger partial charge in [-0.2, -0.15) is 0 Å². The third kappa shape index (κ3) is 4.84. The van der Waals surface area contributed by atoms with Crippen molar-refractivity contribution in [3.8, 4) is 0 Å². The Morgan fingerprint density at radius 1 is 1.10 bits per heavy atom. The molecular weight excluding hydrogens is 378 g/mol. The van der Waals surface area contributed by atoms with Crippen molar-refractivity contribution >= 4 is 11.8 Å². The zero-order chi connectivity index (χ0) is 21.9. The maximum absolute atomic E-state index is 12.9. The summed E-state index contributed by atoms with van der Waals surface area (Å²) in [5.41, 5.74) is 5.10. The molecule has 1 heterocycles. The van der Waals surface area contributed by atoms with Gasteiger partial charge in [-0.05, 0) is 47.8 Å². The lowest BCUT2D eigenvalue weighted by Crippen LogP contribution is -2.19. The molecule has 3 rings (SSSR count). The Hall–Kier alpha value is -2.40. The Bertz CT molecular complexity index is 902. The Kier molecular flexibility index (Phi) is 6.81. The van der Waals surface area contributed by atoms with Crippen molar-refractivity contribution in [1.29, 1.82) is 0 Å². The highest BCUT2D eigenvalue weighted by molar-refractivity contribution is 6.03. The van der Waals surface area contributed by atoms with Crippen LogP contribution >= 0.6 is 0 Å². The summed E-state index contributed by atoms with van der Waals surface area (Å²) >= 11 is 0. The highest BCUT2D eigenvalue weighted by Crippen LogP contribution is 2.36. The molecule has 0 spiro atoms. The van der Waals surface area contributed by atoms with Gasteiger partial charge in [-0.15, -0.1) is 0 Å². The third-order valence-corrected chi connectivity index (χ3v) is 5.75. The Balaban J connectivity index is 1.73. The summed E-state index contributed by atoms with van der Waals surface area (Å²) in [6.45, 7) is 11.7. The minimum absolute atomic E-state index is 0.0835. The molecule has 1 aliphatic carbocycles. The number of ketones is 1. The van der Waals surface area contributed by atoms with Gasteiger partial charge in [-0.25, -0.2) is 4.79 Å². The van der Waals surface area contributed by atoms with Crippen LogP contribution in [0.5, 0.6) is 0 Å². The quantitative estimate of drug-likeness (QED) is 0.507. The molecule has 0 amide bonds. The lowest BCUT2D eigenvalue weighted by molar-refractivity contribution is 0.0312. The minimum Gasteiger partial charge on any atom is -0.459 e. The Labute approximate surface area is 179 Å². The van der Waals surface area contributed by atoms with E-state index in [2.05, 4.69) is 50.0 Å². The van der Waals surface area contributed by atoms with Crippen molar-refractivity contribution in [2.45, 2.75) is 65.2 Å². The normalized spacial score (nSPS) is 16.4. The number of benzene rings is 1. The number of esters is 1. The van der Waals surface area contributed by atoms with Crippen molar-refractivity contribution in [2.75, 3.05) is 19.8 Å². The molecule has 0 radical (unpaired) electrons. The predicted molar refractivity (Wildman–Crippen MR) is 117 cm³/mol. The van der Waals surface area contributed by atoms with Crippen LogP contribution in [0.25, 0.3) is 0 Å². The number of carbonyl (C=O) groups excluding carboxylic acids is 2. The van der Waals surface area contributed by atoms with E-state index in [0.717, 1.165) is 17.7 Å². The number of fused-ring (bicyclic) bond motifs is 1. The predicted octanol–water partition coefficient (Wildman–Crippen LogP) is 5.12. The van der Waals surface area contributed by atoms with E-state index in [-0.39, 0.29) is 23.7 Å². The van der Waals surface area contributed by atoms with Crippen LogP contribution in [-0.4, -0.2) is 36.6 Å². The Morgan fingerprint density at radius 3 is 2.43 bits per heavy atom. The molecule has 2 aromatic rings. The highest BCUT2D eigenvalue weighted by Gasteiger charge is 2.32. The fraction of sp³-hybridized carbons (Fsp3) is 0.520. The number of Topliss-reactive ketones (excluding diaryl/α,β-unsaturated/α-hetero) is 1. The minimum atomic E-state index is -0.430. The molecule has 1 atom stereocenters. The molecule has 5 nitrogen and oxygen atoms in total. The average Bonchev–Trinajstić information content (AvgIpc) is 3.04. The summed E-state index contributed by atoms with van der Waals surface area (Å²) in [7, 11) is 0. The molecule has 30 heavy (non-hydrogen) atoms. The standard InChI is InChI=1S/C25H33NO4/c1-6-11-29-12-13-30-24(28)23-16(2)22-20(26-23)14-18(15-21(22)27)17-7-9-19(10-8-17)25(3,4)5/h7-10,18,26H,6,11-15H2,1-5H3/t18-/m0/s1. The first-order valence-corrected chi connectivity index (χ1v) is 10.8. The number of H-pyrrole nitrogens is 1. The molecule has 162 valence electrons. The maximum atomic E-state index is 12.9. The van der Waals surface area contributed by atoms with Crippen molar-refractivity contribution in [3.63, 3.8) is 0 Å². The molecule has 0 unspecified atom stereocenters. The number of ether oxygens (including phenoxy) is 2. The van der Waals surface area contributed by atoms with Crippen LogP contribution in [-0.2, 0) is 21.3 Å². The summed E-state index contributed by atoms with van der Waals surface area (Å²) in [5, 5.41) is 0. The van der Waals surface area contributed by atoms with E-state index in [0.29, 0.717) is 42.9 Å². The van der Waals surface area contributed by atoms with E-state index < -0.39 is 5.97 Å². The largest absolute Gasteiger partial charge is 0.459 e.